The first-order valence-electron chi connectivity index (χ1n) is 9.28. The second-order valence-corrected chi connectivity index (χ2v) is 6.91. The van der Waals surface area contributed by atoms with Crippen molar-refractivity contribution < 1.29 is 9.53 Å². The summed E-state index contributed by atoms with van der Waals surface area (Å²) in [6.07, 6.45) is 0.834. The summed E-state index contributed by atoms with van der Waals surface area (Å²) >= 11 is 0. The number of hydrogen-bond acceptors (Lipinski definition) is 3. The molecule has 2 heterocycles. The SMILES string of the molecule is Cc1cc(C)n(CCCNC(=O)C2c3ccccc3Oc3ccccc32)n1. The van der Waals surface area contributed by atoms with Crippen molar-refractivity contribution >= 4 is 5.91 Å². The van der Waals surface area contributed by atoms with Crippen molar-refractivity contribution in [3.63, 3.8) is 0 Å². The number of fused-ring (bicyclic) bond motifs is 2. The van der Waals surface area contributed by atoms with Crippen LogP contribution in [0.2, 0.25) is 0 Å². The van der Waals surface area contributed by atoms with Gasteiger partial charge in [0.2, 0.25) is 5.91 Å². The van der Waals surface area contributed by atoms with Crippen molar-refractivity contribution in [2.75, 3.05) is 6.54 Å². The molecular weight excluding hydrogens is 338 g/mol. The predicted octanol–water partition coefficient (Wildman–Crippen LogP) is 3.94. The Labute approximate surface area is 159 Å². The van der Waals surface area contributed by atoms with Crippen molar-refractivity contribution in [1.29, 1.82) is 0 Å². The maximum atomic E-state index is 13.0. The number of nitrogens with one attached hydrogen (secondary N) is 1. The van der Waals surface area contributed by atoms with E-state index < -0.39 is 0 Å². The van der Waals surface area contributed by atoms with Gasteiger partial charge in [-0.3, -0.25) is 9.48 Å². The molecule has 1 aromatic heterocycles. The highest BCUT2D eigenvalue weighted by Crippen LogP contribution is 2.43. The molecule has 0 aliphatic carbocycles. The fourth-order valence-corrected chi connectivity index (χ4v) is 3.64. The van der Waals surface area contributed by atoms with Crippen molar-refractivity contribution in [3.05, 3.63) is 77.1 Å². The molecule has 138 valence electrons. The first-order valence-corrected chi connectivity index (χ1v) is 9.28. The third-order valence-corrected chi connectivity index (χ3v) is 4.89. The molecule has 0 radical (unpaired) electrons. The highest BCUT2D eigenvalue weighted by atomic mass is 16.5. The number of benzene rings is 2. The quantitative estimate of drug-likeness (QED) is 0.700. The van der Waals surface area contributed by atoms with Crippen LogP contribution in [-0.4, -0.2) is 22.2 Å². The van der Waals surface area contributed by atoms with Crippen LogP contribution in [0, 0.1) is 13.8 Å². The Hall–Kier alpha value is -3.08. The van der Waals surface area contributed by atoms with E-state index in [1.165, 1.54) is 0 Å². The molecule has 3 aromatic rings. The van der Waals surface area contributed by atoms with Crippen LogP contribution in [0.15, 0.2) is 54.6 Å². The first kappa shape index (κ1) is 17.3. The Bertz CT molecular complexity index is 932. The van der Waals surface area contributed by atoms with Gasteiger partial charge in [0.1, 0.15) is 11.5 Å². The minimum atomic E-state index is -0.347. The minimum absolute atomic E-state index is 0.00608. The Morgan fingerprint density at radius 3 is 2.30 bits per heavy atom. The second-order valence-electron chi connectivity index (χ2n) is 6.91. The zero-order valence-corrected chi connectivity index (χ0v) is 15.6. The van der Waals surface area contributed by atoms with Crippen LogP contribution in [0.1, 0.15) is 34.9 Å². The molecule has 5 heteroatoms. The Kier molecular flexibility index (Phi) is 4.67. The summed E-state index contributed by atoms with van der Waals surface area (Å²) in [6, 6.07) is 17.6. The summed E-state index contributed by atoms with van der Waals surface area (Å²) < 4.78 is 7.95. The lowest BCUT2D eigenvalue weighted by Gasteiger charge is -2.27. The minimum Gasteiger partial charge on any atom is -0.457 e. The van der Waals surface area contributed by atoms with Gasteiger partial charge in [-0.25, -0.2) is 0 Å². The van der Waals surface area contributed by atoms with E-state index in [1.54, 1.807) is 0 Å². The van der Waals surface area contributed by atoms with Crippen LogP contribution >= 0.6 is 0 Å². The molecule has 1 aliphatic rings. The number of hydrogen-bond donors (Lipinski definition) is 1. The fourth-order valence-electron chi connectivity index (χ4n) is 3.64. The number of nitrogens with zero attached hydrogens (tertiary/aromatic N) is 2. The van der Waals surface area contributed by atoms with E-state index in [1.807, 2.05) is 60.1 Å². The van der Waals surface area contributed by atoms with Crippen molar-refractivity contribution in [2.24, 2.45) is 0 Å². The smallest absolute Gasteiger partial charge is 0.232 e. The number of rotatable bonds is 5. The summed E-state index contributed by atoms with van der Waals surface area (Å²) in [7, 11) is 0. The van der Waals surface area contributed by atoms with Gasteiger partial charge in [0.05, 0.1) is 11.6 Å². The molecule has 1 aliphatic heterocycles. The highest BCUT2D eigenvalue weighted by molar-refractivity contribution is 5.89. The molecule has 0 spiro atoms. The van der Waals surface area contributed by atoms with Crippen LogP contribution in [-0.2, 0) is 11.3 Å². The number of aromatic nitrogens is 2. The average Bonchev–Trinajstić information content (AvgIpc) is 3.00. The Morgan fingerprint density at radius 2 is 1.70 bits per heavy atom. The van der Waals surface area contributed by atoms with E-state index >= 15 is 0 Å². The van der Waals surface area contributed by atoms with Gasteiger partial charge in [-0.2, -0.15) is 5.10 Å². The van der Waals surface area contributed by atoms with Crippen LogP contribution in [0.5, 0.6) is 11.5 Å². The number of amides is 1. The average molecular weight is 361 g/mol. The molecule has 5 nitrogen and oxygen atoms in total. The van der Waals surface area contributed by atoms with Crippen LogP contribution in [0.3, 0.4) is 0 Å². The predicted molar refractivity (Wildman–Crippen MR) is 104 cm³/mol. The molecule has 0 unspecified atom stereocenters. The molecule has 27 heavy (non-hydrogen) atoms. The molecule has 2 aromatic carbocycles. The molecule has 0 fully saturated rings. The number of para-hydroxylation sites is 2. The van der Waals surface area contributed by atoms with E-state index in [9.17, 15) is 4.79 Å². The number of carbonyl (C=O) groups is 1. The Morgan fingerprint density at radius 1 is 1.07 bits per heavy atom. The normalized spacial score (nSPS) is 12.8. The highest BCUT2D eigenvalue weighted by Gasteiger charge is 2.32. The summed E-state index contributed by atoms with van der Waals surface area (Å²) in [6.45, 7) is 5.44. The van der Waals surface area contributed by atoms with E-state index in [-0.39, 0.29) is 11.8 Å². The number of ether oxygens (including phenoxy) is 1. The Balaban J connectivity index is 1.46. The van der Waals surface area contributed by atoms with Crippen molar-refractivity contribution in [1.82, 2.24) is 15.1 Å². The molecular formula is C22H23N3O2. The summed E-state index contributed by atoms with van der Waals surface area (Å²) in [5.74, 6) is 1.16. The van der Waals surface area contributed by atoms with Crippen molar-refractivity contribution in [2.45, 2.75) is 32.7 Å². The van der Waals surface area contributed by atoms with E-state index in [0.717, 1.165) is 47.0 Å². The van der Waals surface area contributed by atoms with Gasteiger partial charge in [-0.05, 0) is 38.5 Å². The first-order chi connectivity index (χ1) is 13.1. The topological polar surface area (TPSA) is 56.2 Å². The maximum Gasteiger partial charge on any atom is 0.232 e. The van der Waals surface area contributed by atoms with Gasteiger partial charge in [0.15, 0.2) is 0 Å². The molecule has 4 rings (SSSR count). The number of carbonyl (C=O) groups excluding carboxylic acids is 1. The summed E-state index contributed by atoms with van der Waals surface area (Å²) in [5.41, 5.74) is 3.98. The zero-order valence-electron chi connectivity index (χ0n) is 15.6. The summed E-state index contributed by atoms with van der Waals surface area (Å²) in [5, 5.41) is 7.56. The second kappa shape index (κ2) is 7.27. The standard InChI is InChI=1S/C22H23N3O2/c1-15-14-16(2)25(24-15)13-7-12-23-22(26)21-17-8-3-5-10-19(17)27-20-11-6-4-9-18(20)21/h3-6,8-11,14,21H,7,12-13H2,1-2H3,(H,23,26). The molecule has 0 saturated carbocycles. The molecule has 0 atom stereocenters. The molecule has 1 amide bonds. The van der Waals surface area contributed by atoms with E-state index in [2.05, 4.69) is 23.4 Å². The van der Waals surface area contributed by atoms with Crippen LogP contribution < -0.4 is 10.1 Å². The lowest BCUT2D eigenvalue weighted by molar-refractivity contribution is -0.121. The lowest BCUT2D eigenvalue weighted by Crippen LogP contribution is -2.32. The lowest BCUT2D eigenvalue weighted by atomic mass is 9.87. The molecule has 0 saturated heterocycles. The third-order valence-electron chi connectivity index (χ3n) is 4.89. The van der Waals surface area contributed by atoms with Gasteiger partial charge in [-0.15, -0.1) is 0 Å². The van der Waals surface area contributed by atoms with Crippen molar-refractivity contribution in [3.8, 4) is 11.5 Å². The van der Waals surface area contributed by atoms with Gasteiger partial charge >= 0.3 is 0 Å². The van der Waals surface area contributed by atoms with Crippen LogP contribution in [0.25, 0.3) is 0 Å². The molecule has 1 N–H and O–H groups in total. The monoisotopic (exact) mass is 361 g/mol. The van der Waals surface area contributed by atoms with Gasteiger partial charge < -0.3 is 10.1 Å². The third kappa shape index (κ3) is 3.45. The van der Waals surface area contributed by atoms with Gasteiger partial charge in [0, 0.05) is 29.9 Å². The van der Waals surface area contributed by atoms with Gasteiger partial charge in [-0.1, -0.05) is 36.4 Å². The maximum absolute atomic E-state index is 13.0. The largest absolute Gasteiger partial charge is 0.457 e. The zero-order chi connectivity index (χ0) is 18.8. The molecule has 0 bridgehead atoms. The fraction of sp³-hybridized carbons (Fsp3) is 0.273. The van der Waals surface area contributed by atoms with Gasteiger partial charge in [0.25, 0.3) is 0 Å². The summed E-state index contributed by atoms with van der Waals surface area (Å²) in [4.78, 5) is 13.0. The van der Waals surface area contributed by atoms with E-state index in [4.69, 9.17) is 4.74 Å². The van der Waals surface area contributed by atoms with Crippen LogP contribution in [0.4, 0.5) is 0 Å². The van der Waals surface area contributed by atoms with E-state index in [0.29, 0.717) is 6.54 Å². The number of aryl methyl sites for hydroxylation is 3.